The molecule has 0 saturated heterocycles. The Kier molecular flexibility index (Phi) is 1.72. The number of azo groups is 1. The first kappa shape index (κ1) is 9.78. The largest absolute Gasteiger partial charge is 0.292 e. The van der Waals surface area contributed by atoms with Gasteiger partial charge in [-0.3, -0.25) is 4.57 Å². The summed E-state index contributed by atoms with van der Waals surface area (Å²) in [4.78, 5) is 4.10. The van der Waals surface area contributed by atoms with Gasteiger partial charge in [0, 0.05) is 0 Å². The molecule has 6 nitrogen and oxygen atoms in total. The van der Waals surface area contributed by atoms with Crippen LogP contribution in [0.4, 0.5) is 5.95 Å². The van der Waals surface area contributed by atoms with Gasteiger partial charge < -0.3 is 0 Å². The lowest BCUT2D eigenvalue weighted by molar-refractivity contribution is 0.270. The summed E-state index contributed by atoms with van der Waals surface area (Å²) in [6.45, 7) is 0. The second kappa shape index (κ2) is 3.17. The van der Waals surface area contributed by atoms with Crippen molar-refractivity contribution in [3.63, 3.8) is 0 Å². The quantitative estimate of drug-likeness (QED) is 0.692. The zero-order valence-electron chi connectivity index (χ0n) is 9.61. The van der Waals surface area contributed by atoms with E-state index in [2.05, 4.69) is 21.3 Å². The molecule has 2 aliphatic carbocycles. The van der Waals surface area contributed by atoms with Gasteiger partial charge in [-0.2, -0.15) is 20.6 Å². The Morgan fingerprint density at radius 1 is 1.17 bits per heavy atom. The molecule has 2 heterocycles. The molecule has 2 bridgehead atoms. The van der Waals surface area contributed by atoms with Crippen molar-refractivity contribution in [2.45, 2.75) is 31.3 Å². The van der Waals surface area contributed by atoms with Crippen molar-refractivity contribution in [3.05, 3.63) is 11.4 Å². The van der Waals surface area contributed by atoms with Crippen LogP contribution in [0.15, 0.2) is 10.2 Å². The molecule has 0 amide bonds. The van der Waals surface area contributed by atoms with Gasteiger partial charge in [0.1, 0.15) is 12.1 Å². The van der Waals surface area contributed by atoms with Crippen molar-refractivity contribution in [1.82, 2.24) is 9.55 Å². The summed E-state index contributed by atoms with van der Waals surface area (Å²) in [5.74, 6) is 1.58. The lowest BCUT2D eigenvalue weighted by Crippen LogP contribution is -2.31. The van der Waals surface area contributed by atoms with Crippen LogP contribution in [0.3, 0.4) is 0 Å². The van der Waals surface area contributed by atoms with Crippen molar-refractivity contribution >= 4 is 5.95 Å². The van der Waals surface area contributed by atoms with Gasteiger partial charge in [0.05, 0.1) is 12.1 Å². The molecule has 88 valence electrons. The van der Waals surface area contributed by atoms with Gasteiger partial charge in [-0.1, -0.05) is 0 Å². The molecule has 0 spiro atoms. The van der Waals surface area contributed by atoms with E-state index in [-0.39, 0.29) is 17.8 Å². The smallest absolute Gasteiger partial charge is 0.251 e. The second-order valence-corrected chi connectivity index (χ2v) is 5.23. The molecule has 1 aromatic heterocycles. The zero-order valence-corrected chi connectivity index (χ0v) is 9.61. The van der Waals surface area contributed by atoms with Crippen LogP contribution in [0.5, 0.6) is 0 Å². The van der Waals surface area contributed by atoms with Crippen LogP contribution in [0.1, 0.15) is 36.7 Å². The van der Waals surface area contributed by atoms with Gasteiger partial charge in [0.2, 0.25) is 0 Å². The van der Waals surface area contributed by atoms with Crippen LogP contribution in [-0.4, -0.2) is 15.6 Å². The fourth-order valence-electron chi connectivity index (χ4n) is 3.83. The molecule has 4 atom stereocenters. The van der Waals surface area contributed by atoms with Gasteiger partial charge in [0.15, 0.2) is 11.4 Å². The maximum Gasteiger partial charge on any atom is 0.251 e. The molecular weight excluding hydrogens is 228 g/mol. The highest BCUT2D eigenvalue weighted by molar-refractivity contribution is 5.45. The fraction of sp³-hybridized carbons (Fsp3) is 0.583. The highest BCUT2D eigenvalue weighted by atomic mass is 15.3. The minimum Gasteiger partial charge on any atom is -0.292 e. The van der Waals surface area contributed by atoms with Crippen molar-refractivity contribution in [2.24, 2.45) is 22.1 Å². The van der Waals surface area contributed by atoms with E-state index in [0.717, 1.165) is 0 Å². The Bertz CT molecular complexity index is 643. The molecule has 1 aliphatic heterocycles. The minimum atomic E-state index is 0.176. The van der Waals surface area contributed by atoms with Crippen molar-refractivity contribution in [3.8, 4) is 12.1 Å². The zero-order chi connectivity index (χ0) is 12.3. The molecule has 0 N–H and O–H groups in total. The van der Waals surface area contributed by atoms with Crippen LogP contribution >= 0.6 is 0 Å². The number of nitriles is 2. The summed E-state index contributed by atoms with van der Waals surface area (Å²) >= 11 is 0. The van der Waals surface area contributed by atoms with Crippen LogP contribution < -0.4 is 0 Å². The molecule has 0 unspecified atom stereocenters. The first-order valence-electron chi connectivity index (χ1n) is 6.16. The Hall–Kier alpha value is -2.21. The van der Waals surface area contributed by atoms with E-state index in [0.29, 0.717) is 23.5 Å². The first-order valence-corrected chi connectivity index (χ1v) is 6.16. The lowest BCUT2D eigenvalue weighted by Gasteiger charge is -2.31. The van der Waals surface area contributed by atoms with Crippen molar-refractivity contribution < 1.29 is 0 Å². The molecule has 3 aliphatic rings. The molecule has 0 aromatic carbocycles. The van der Waals surface area contributed by atoms with E-state index in [9.17, 15) is 5.26 Å². The number of imidazole rings is 1. The van der Waals surface area contributed by atoms with E-state index < -0.39 is 0 Å². The number of fused-ring (bicyclic) bond motifs is 7. The van der Waals surface area contributed by atoms with E-state index >= 15 is 0 Å². The molecule has 6 heteroatoms. The summed E-state index contributed by atoms with van der Waals surface area (Å²) in [6.07, 6.45) is 3.56. The van der Waals surface area contributed by atoms with Crippen LogP contribution in [0.25, 0.3) is 0 Å². The van der Waals surface area contributed by atoms with Crippen LogP contribution in [0, 0.1) is 34.5 Å². The van der Waals surface area contributed by atoms with E-state index in [4.69, 9.17) is 5.26 Å². The highest BCUT2D eigenvalue weighted by Gasteiger charge is 2.51. The third-order valence-corrected chi connectivity index (χ3v) is 4.51. The van der Waals surface area contributed by atoms with Crippen molar-refractivity contribution in [1.29, 1.82) is 10.5 Å². The maximum absolute atomic E-state index is 9.25. The second-order valence-electron chi connectivity index (χ2n) is 5.23. The van der Waals surface area contributed by atoms with E-state index in [1.165, 1.54) is 19.3 Å². The molecule has 2 fully saturated rings. The molecule has 18 heavy (non-hydrogen) atoms. The summed E-state index contributed by atoms with van der Waals surface area (Å²) in [5.41, 5.74) is 0.531. The predicted molar refractivity (Wildman–Crippen MR) is 59.8 cm³/mol. The summed E-state index contributed by atoms with van der Waals surface area (Å²) in [5, 5.41) is 26.7. The molecule has 1 aromatic rings. The van der Waals surface area contributed by atoms with Crippen LogP contribution in [0.2, 0.25) is 0 Å². The fourth-order valence-corrected chi connectivity index (χ4v) is 3.83. The third kappa shape index (κ3) is 0.988. The third-order valence-electron chi connectivity index (χ3n) is 4.51. The Balaban J connectivity index is 1.94. The number of hydrogen-bond acceptors (Lipinski definition) is 5. The molecular formula is C12H10N6. The van der Waals surface area contributed by atoms with Crippen molar-refractivity contribution in [2.75, 3.05) is 0 Å². The lowest BCUT2D eigenvalue weighted by atomic mass is 9.90. The Labute approximate surface area is 104 Å². The monoisotopic (exact) mass is 238 g/mol. The Morgan fingerprint density at radius 2 is 2.00 bits per heavy atom. The maximum atomic E-state index is 9.25. The average molecular weight is 238 g/mol. The first-order chi connectivity index (χ1) is 8.83. The average Bonchev–Trinajstić information content (AvgIpc) is 3.09. The number of nitrogens with zero attached hydrogens (tertiary/aromatic N) is 6. The molecule has 2 saturated carbocycles. The highest BCUT2D eigenvalue weighted by Crippen LogP contribution is 2.55. The number of hydrogen-bond donors (Lipinski definition) is 0. The van der Waals surface area contributed by atoms with Gasteiger partial charge in [-0.05, 0) is 31.1 Å². The molecule has 0 radical (unpaired) electrons. The number of rotatable bonds is 0. The molecule has 4 rings (SSSR count). The summed E-state index contributed by atoms with van der Waals surface area (Å²) < 4.78 is 1.86. The van der Waals surface area contributed by atoms with Crippen LogP contribution in [-0.2, 0) is 0 Å². The van der Waals surface area contributed by atoms with Gasteiger partial charge in [-0.15, -0.1) is 5.11 Å². The normalized spacial score (nSPS) is 34.8. The topological polar surface area (TPSA) is 90.1 Å². The summed E-state index contributed by atoms with van der Waals surface area (Å²) in [6, 6.07) is 4.45. The summed E-state index contributed by atoms with van der Waals surface area (Å²) in [7, 11) is 0. The minimum absolute atomic E-state index is 0.176. The SMILES string of the molecule is N#Cc1nc2n(c1C#N)[C@H]1[C@@H]3CC[C@@H](C3)[C@H]1N=N2. The van der Waals surface area contributed by atoms with E-state index in [1.54, 1.807) is 0 Å². The predicted octanol–water partition coefficient (Wildman–Crippen LogP) is 2.06. The Morgan fingerprint density at radius 3 is 2.78 bits per heavy atom. The van der Waals surface area contributed by atoms with Gasteiger partial charge in [-0.25, -0.2) is 0 Å². The van der Waals surface area contributed by atoms with Gasteiger partial charge in [0.25, 0.3) is 5.95 Å². The van der Waals surface area contributed by atoms with Gasteiger partial charge >= 0.3 is 0 Å². The standard InChI is InChI=1S/C12H10N6/c13-4-8-9(5-14)18-11-7-2-1-6(3-7)10(11)16-17-12(18)15-8/h6-7,10-11H,1-3H2/t6-,7+,10+,11-/m0/s1. The number of aromatic nitrogens is 2. The van der Waals surface area contributed by atoms with E-state index in [1.807, 2.05) is 10.6 Å².